The highest BCUT2D eigenvalue weighted by Crippen LogP contribution is 2.42. The summed E-state index contributed by atoms with van der Waals surface area (Å²) in [7, 11) is -1.27. The number of aryl methyl sites for hydroxylation is 1. The first-order valence-electron chi connectivity index (χ1n) is 9.01. The SMILES string of the molecule is COc1cc2c(cc1OC)C1c3ccccc3CCN1CCC2.[O-][Cl+3]([O-])([O-])O. The molecular weight excluding hydrogens is 386 g/mol. The van der Waals surface area contributed by atoms with Gasteiger partial charge in [0.05, 0.1) is 35.2 Å². The molecule has 4 rings (SSSR count). The molecule has 0 aliphatic carbocycles. The standard InChI is InChI=1S/C20H23NO2.ClHO4/c1-22-18-12-15-7-5-10-21-11-9-14-6-3-4-8-16(14)20(21)17(15)13-19(18)23-2;2-1(3,4)5/h3-4,6,8,12-13,20H,5,7,9-11H2,1-2H3;(H,2,3,4,5). The zero-order chi connectivity index (χ0) is 20.3. The van der Waals surface area contributed by atoms with E-state index in [1.54, 1.807) is 14.2 Å². The van der Waals surface area contributed by atoms with E-state index in [2.05, 4.69) is 41.3 Å². The van der Waals surface area contributed by atoms with Crippen molar-refractivity contribution in [2.45, 2.75) is 25.3 Å². The van der Waals surface area contributed by atoms with Crippen LogP contribution in [0.4, 0.5) is 0 Å². The minimum Gasteiger partial charge on any atom is -0.493 e. The van der Waals surface area contributed by atoms with Crippen LogP contribution in [-0.2, 0) is 12.8 Å². The van der Waals surface area contributed by atoms with E-state index < -0.39 is 10.2 Å². The van der Waals surface area contributed by atoms with Gasteiger partial charge in [-0.1, -0.05) is 24.3 Å². The molecule has 2 heterocycles. The van der Waals surface area contributed by atoms with Crippen molar-refractivity contribution in [2.24, 2.45) is 0 Å². The van der Waals surface area contributed by atoms with E-state index in [4.69, 9.17) is 28.1 Å². The van der Waals surface area contributed by atoms with Crippen molar-refractivity contribution >= 4 is 0 Å². The fourth-order valence-electron chi connectivity index (χ4n) is 4.10. The normalized spacial score (nSPS) is 18.6. The Balaban J connectivity index is 0.000000403. The molecule has 28 heavy (non-hydrogen) atoms. The van der Waals surface area contributed by atoms with Gasteiger partial charge in [-0.3, -0.25) is 4.90 Å². The summed E-state index contributed by atoms with van der Waals surface area (Å²) in [4.78, 5) is 2.63. The van der Waals surface area contributed by atoms with Gasteiger partial charge in [-0.2, -0.15) is 14.0 Å². The molecule has 0 saturated carbocycles. The van der Waals surface area contributed by atoms with E-state index in [1.807, 2.05) is 0 Å². The van der Waals surface area contributed by atoms with Gasteiger partial charge in [-0.15, -0.1) is 0 Å². The number of hydrogen-bond acceptors (Lipinski definition) is 7. The molecule has 2 aromatic rings. The second-order valence-corrected chi connectivity index (χ2v) is 7.58. The van der Waals surface area contributed by atoms with Crippen LogP contribution in [0.25, 0.3) is 0 Å². The molecule has 2 aliphatic heterocycles. The number of benzene rings is 2. The number of nitrogens with zero attached hydrogens (tertiary/aromatic N) is 1. The third kappa shape index (κ3) is 4.75. The summed E-state index contributed by atoms with van der Waals surface area (Å²) >= 11 is 0. The van der Waals surface area contributed by atoms with Crippen LogP contribution in [0, 0.1) is 10.2 Å². The lowest BCUT2D eigenvalue weighted by Gasteiger charge is -2.37. The van der Waals surface area contributed by atoms with Gasteiger partial charge in [0.2, 0.25) is 0 Å². The fraction of sp³-hybridized carbons (Fsp3) is 0.400. The topological polar surface area (TPSA) is 111 Å². The summed E-state index contributed by atoms with van der Waals surface area (Å²) in [6, 6.07) is 13.6. The summed E-state index contributed by atoms with van der Waals surface area (Å²) < 4.78 is 43.8. The third-order valence-electron chi connectivity index (χ3n) is 5.21. The van der Waals surface area contributed by atoms with Crippen LogP contribution in [0.3, 0.4) is 0 Å². The van der Waals surface area contributed by atoms with Crippen LogP contribution in [-0.4, -0.2) is 36.9 Å². The monoisotopic (exact) mass is 409 g/mol. The zero-order valence-corrected chi connectivity index (χ0v) is 16.6. The Morgan fingerprint density at radius 1 is 0.929 bits per heavy atom. The Hall–Kier alpha value is -1.87. The number of rotatable bonds is 2. The summed E-state index contributed by atoms with van der Waals surface area (Å²) in [6.45, 7) is 2.29. The van der Waals surface area contributed by atoms with Gasteiger partial charge in [0, 0.05) is 6.54 Å². The van der Waals surface area contributed by atoms with Crippen molar-refractivity contribution < 1.29 is 38.4 Å². The summed E-state index contributed by atoms with van der Waals surface area (Å²) in [5.74, 6) is 1.67. The Labute approximate surface area is 166 Å². The Morgan fingerprint density at radius 3 is 2.25 bits per heavy atom. The second-order valence-electron chi connectivity index (χ2n) is 6.79. The highest BCUT2D eigenvalue weighted by Gasteiger charge is 2.32. The molecule has 0 saturated heterocycles. The minimum absolute atomic E-state index is 0.345. The van der Waals surface area contributed by atoms with E-state index in [1.165, 1.54) is 28.7 Å². The zero-order valence-electron chi connectivity index (χ0n) is 15.9. The number of halogens is 1. The Bertz CT molecular complexity index is 817. The Morgan fingerprint density at radius 2 is 1.57 bits per heavy atom. The average Bonchev–Trinajstić information content (AvgIpc) is 2.84. The number of fused-ring (bicyclic) bond motifs is 5. The van der Waals surface area contributed by atoms with Crippen LogP contribution >= 0.6 is 0 Å². The average molecular weight is 410 g/mol. The van der Waals surface area contributed by atoms with Crippen LogP contribution in [0.1, 0.15) is 34.7 Å². The van der Waals surface area contributed by atoms with Crippen LogP contribution in [0.15, 0.2) is 36.4 Å². The van der Waals surface area contributed by atoms with Gasteiger partial charge in [0.25, 0.3) is 0 Å². The first-order valence-corrected chi connectivity index (χ1v) is 10.3. The van der Waals surface area contributed by atoms with Crippen molar-refractivity contribution in [3.63, 3.8) is 0 Å². The molecule has 152 valence electrons. The van der Waals surface area contributed by atoms with Crippen molar-refractivity contribution in [2.75, 3.05) is 27.3 Å². The predicted octanol–water partition coefficient (Wildman–Crippen LogP) is -0.526. The maximum atomic E-state index is 8.60. The molecule has 0 radical (unpaired) electrons. The minimum atomic E-state index is -4.69. The van der Waals surface area contributed by atoms with Crippen LogP contribution in [0.2, 0.25) is 0 Å². The molecule has 2 aromatic carbocycles. The van der Waals surface area contributed by atoms with Gasteiger partial charge in [0.1, 0.15) is 0 Å². The lowest BCUT2D eigenvalue weighted by molar-refractivity contribution is -1.92. The highest BCUT2D eigenvalue weighted by atomic mass is 35.7. The lowest BCUT2D eigenvalue weighted by Crippen LogP contribution is -2.58. The van der Waals surface area contributed by atoms with E-state index in [0.717, 1.165) is 37.4 Å². The molecule has 0 spiro atoms. The summed E-state index contributed by atoms with van der Waals surface area (Å²) in [5, 5.41) is 0. The molecular formula is C20H24ClNO6. The van der Waals surface area contributed by atoms with Crippen molar-refractivity contribution in [1.29, 1.82) is 0 Å². The largest absolute Gasteiger partial charge is 0.493 e. The molecule has 1 atom stereocenters. The van der Waals surface area contributed by atoms with Gasteiger partial charge in [-0.25, -0.2) is 0 Å². The van der Waals surface area contributed by atoms with E-state index >= 15 is 0 Å². The summed E-state index contributed by atoms with van der Waals surface area (Å²) in [5.41, 5.74) is 5.71. The number of ether oxygens (including phenoxy) is 2. The molecule has 0 aromatic heterocycles. The lowest BCUT2D eigenvalue weighted by atomic mass is 9.86. The fourth-order valence-corrected chi connectivity index (χ4v) is 4.10. The van der Waals surface area contributed by atoms with Crippen LogP contribution < -0.4 is 23.5 Å². The number of hydrogen-bond donors (Lipinski definition) is 1. The predicted molar refractivity (Wildman–Crippen MR) is 93.6 cm³/mol. The van der Waals surface area contributed by atoms with Gasteiger partial charge >= 0.3 is 0 Å². The van der Waals surface area contributed by atoms with Gasteiger partial charge < -0.3 is 9.47 Å². The molecule has 1 N–H and O–H groups in total. The molecule has 0 bridgehead atoms. The smallest absolute Gasteiger partial charge is 0.161 e. The van der Waals surface area contributed by atoms with Gasteiger partial charge in [-0.05, 0) is 60.2 Å². The van der Waals surface area contributed by atoms with Crippen molar-refractivity contribution in [3.8, 4) is 11.5 Å². The van der Waals surface area contributed by atoms with Crippen molar-refractivity contribution in [1.82, 2.24) is 4.90 Å². The number of methoxy groups -OCH3 is 2. The molecule has 2 aliphatic rings. The molecule has 7 nitrogen and oxygen atoms in total. The molecule has 0 fully saturated rings. The quantitative estimate of drug-likeness (QED) is 0.709. The second kappa shape index (κ2) is 8.65. The molecule has 8 heteroatoms. The van der Waals surface area contributed by atoms with E-state index in [9.17, 15) is 0 Å². The van der Waals surface area contributed by atoms with E-state index in [-0.39, 0.29) is 0 Å². The van der Waals surface area contributed by atoms with E-state index in [0.29, 0.717) is 6.04 Å². The maximum absolute atomic E-state index is 8.60. The van der Waals surface area contributed by atoms with Gasteiger partial charge in [0.15, 0.2) is 11.5 Å². The molecule has 1 unspecified atom stereocenters. The first-order chi connectivity index (χ1) is 13.3. The van der Waals surface area contributed by atoms with Crippen LogP contribution in [0.5, 0.6) is 11.5 Å². The maximum Gasteiger partial charge on any atom is 0.161 e. The Kier molecular flexibility index (Phi) is 6.44. The first kappa shape index (κ1) is 20.9. The highest BCUT2D eigenvalue weighted by molar-refractivity contribution is 5.52. The molecule has 0 amide bonds. The summed E-state index contributed by atoms with van der Waals surface area (Å²) in [6.07, 6.45) is 3.45. The van der Waals surface area contributed by atoms with Crippen molar-refractivity contribution in [3.05, 3.63) is 58.7 Å². The third-order valence-corrected chi connectivity index (χ3v) is 5.21.